The lowest BCUT2D eigenvalue weighted by atomic mass is 10.1. The maximum Gasteiger partial charge on any atom is 0.272 e. The van der Waals surface area contributed by atoms with Crippen LogP contribution in [-0.4, -0.2) is 53.0 Å². The van der Waals surface area contributed by atoms with Crippen molar-refractivity contribution in [2.45, 2.75) is 12.8 Å². The third-order valence-corrected chi connectivity index (χ3v) is 4.56. The van der Waals surface area contributed by atoms with Gasteiger partial charge in [-0.05, 0) is 54.3 Å². The third-order valence-electron chi connectivity index (χ3n) is 4.56. The van der Waals surface area contributed by atoms with Gasteiger partial charge in [-0.3, -0.25) is 9.78 Å². The van der Waals surface area contributed by atoms with Gasteiger partial charge in [0.1, 0.15) is 11.4 Å². The lowest BCUT2D eigenvalue weighted by Gasteiger charge is -2.17. The molecule has 0 radical (unpaired) electrons. The standard InChI is InChI=1S/C22H25N5O2/c1-27(16-11-18-7-12-23-13-8-18)21(28)20-10-15-25-22(26-20)24-14-9-17-3-5-19(29-2)6-4-17/h3-8,10,12-13,15H,9,11,14,16H2,1-2H3,(H,24,25,26). The molecule has 29 heavy (non-hydrogen) atoms. The van der Waals surface area contributed by atoms with Gasteiger partial charge in [0.2, 0.25) is 5.95 Å². The van der Waals surface area contributed by atoms with E-state index in [1.165, 1.54) is 5.56 Å². The Morgan fingerprint density at radius 2 is 1.72 bits per heavy atom. The monoisotopic (exact) mass is 391 g/mol. The minimum Gasteiger partial charge on any atom is -0.497 e. The molecular weight excluding hydrogens is 366 g/mol. The fraction of sp³-hybridized carbons (Fsp3) is 0.273. The maximum absolute atomic E-state index is 12.7. The van der Waals surface area contributed by atoms with Crippen LogP contribution in [0.15, 0.2) is 61.1 Å². The molecule has 0 aliphatic rings. The molecule has 150 valence electrons. The van der Waals surface area contributed by atoms with E-state index >= 15 is 0 Å². The number of benzene rings is 1. The molecule has 1 N–H and O–H groups in total. The van der Waals surface area contributed by atoms with E-state index in [0.717, 1.165) is 24.2 Å². The second-order valence-corrected chi connectivity index (χ2v) is 6.62. The predicted octanol–water partition coefficient (Wildman–Crippen LogP) is 2.85. The number of hydrogen-bond acceptors (Lipinski definition) is 6. The Balaban J connectivity index is 1.51. The quantitative estimate of drug-likeness (QED) is 0.604. The Labute approximate surface area is 170 Å². The minimum absolute atomic E-state index is 0.125. The normalized spacial score (nSPS) is 10.4. The first-order valence-corrected chi connectivity index (χ1v) is 9.50. The minimum atomic E-state index is -0.125. The van der Waals surface area contributed by atoms with Crippen LogP contribution in [0, 0.1) is 0 Å². The molecule has 3 rings (SSSR count). The zero-order valence-corrected chi connectivity index (χ0v) is 16.7. The van der Waals surface area contributed by atoms with Gasteiger partial charge < -0.3 is 15.0 Å². The van der Waals surface area contributed by atoms with Crippen molar-refractivity contribution < 1.29 is 9.53 Å². The fourth-order valence-corrected chi connectivity index (χ4v) is 2.82. The lowest BCUT2D eigenvalue weighted by Crippen LogP contribution is -2.29. The summed E-state index contributed by atoms with van der Waals surface area (Å²) in [4.78, 5) is 26.9. The summed E-state index contributed by atoms with van der Waals surface area (Å²) in [5.41, 5.74) is 2.70. The number of carbonyl (C=O) groups is 1. The van der Waals surface area contributed by atoms with Gasteiger partial charge in [0.25, 0.3) is 5.91 Å². The number of nitrogens with one attached hydrogen (secondary N) is 1. The summed E-state index contributed by atoms with van der Waals surface area (Å²) in [5.74, 6) is 1.16. The van der Waals surface area contributed by atoms with Crippen LogP contribution in [0.3, 0.4) is 0 Å². The SMILES string of the molecule is COc1ccc(CCNc2nccc(C(=O)N(C)CCc3ccncc3)n2)cc1. The molecule has 0 bridgehead atoms. The van der Waals surface area contributed by atoms with Crippen molar-refractivity contribution in [3.8, 4) is 5.75 Å². The molecular formula is C22H25N5O2. The summed E-state index contributed by atoms with van der Waals surface area (Å²) in [6.07, 6.45) is 6.70. The molecule has 0 spiro atoms. The van der Waals surface area contributed by atoms with Gasteiger partial charge in [-0.25, -0.2) is 9.97 Å². The molecule has 0 fully saturated rings. The Bertz CT molecular complexity index is 916. The number of ether oxygens (including phenoxy) is 1. The summed E-state index contributed by atoms with van der Waals surface area (Å²) >= 11 is 0. The number of likely N-dealkylation sites (N-methyl/N-ethyl adjacent to an activating group) is 1. The number of carbonyl (C=O) groups excluding carboxylic acids is 1. The number of nitrogens with zero attached hydrogens (tertiary/aromatic N) is 4. The zero-order chi connectivity index (χ0) is 20.5. The fourth-order valence-electron chi connectivity index (χ4n) is 2.82. The highest BCUT2D eigenvalue weighted by molar-refractivity contribution is 5.92. The van der Waals surface area contributed by atoms with Gasteiger partial charge in [0.05, 0.1) is 7.11 Å². The number of aromatic nitrogens is 3. The van der Waals surface area contributed by atoms with Crippen LogP contribution in [0.25, 0.3) is 0 Å². The third kappa shape index (κ3) is 6.00. The van der Waals surface area contributed by atoms with Crippen LogP contribution in [0.2, 0.25) is 0 Å². The number of pyridine rings is 1. The highest BCUT2D eigenvalue weighted by atomic mass is 16.5. The molecule has 0 atom stereocenters. The van der Waals surface area contributed by atoms with Crippen LogP contribution in [0.5, 0.6) is 5.75 Å². The second-order valence-electron chi connectivity index (χ2n) is 6.62. The van der Waals surface area contributed by atoms with E-state index in [1.54, 1.807) is 43.7 Å². The van der Waals surface area contributed by atoms with E-state index in [9.17, 15) is 4.79 Å². The summed E-state index contributed by atoms with van der Waals surface area (Å²) in [5, 5.41) is 3.18. The molecule has 7 nitrogen and oxygen atoms in total. The summed E-state index contributed by atoms with van der Waals surface area (Å²) in [6.45, 7) is 1.27. The van der Waals surface area contributed by atoms with Crippen LogP contribution in [0.1, 0.15) is 21.6 Å². The van der Waals surface area contributed by atoms with Gasteiger partial charge in [-0.1, -0.05) is 12.1 Å². The van der Waals surface area contributed by atoms with Gasteiger partial charge in [-0.2, -0.15) is 0 Å². The molecule has 3 aromatic rings. The molecule has 2 aromatic heterocycles. The lowest BCUT2D eigenvalue weighted by molar-refractivity contribution is 0.0791. The largest absolute Gasteiger partial charge is 0.497 e. The van der Waals surface area contributed by atoms with Crippen LogP contribution in [0.4, 0.5) is 5.95 Å². The summed E-state index contributed by atoms with van der Waals surface area (Å²) in [7, 11) is 3.43. The molecule has 1 amide bonds. The number of amides is 1. The predicted molar refractivity (Wildman–Crippen MR) is 112 cm³/mol. The van der Waals surface area contributed by atoms with Gasteiger partial charge in [-0.15, -0.1) is 0 Å². The molecule has 0 aliphatic carbocycles. The molecule has 1 aromatic carbocycles. The van der Waals surface area contributed by atoms with Crippen molar-refractivity contribution in [3.63, 3.8) is 0 Å². The molecule has 0 unspecified atom stereocenters. The van der Waals surface area contributed by atoms with Crippen molar-refractivity contribution in [1.82, 2.24) is 19.9 Å². The van der Waals surface area contributed by atoms with E-state index in [0.29, 0.717) is 24.7 Å². The van der Waals surface area contributed by atoms with Crippen LogP contribution >= 0.6 is 0 Å². The molecule has 7 heteroatoms. The average Bonchev–Trinajstić information content (AvgIpc) is 2.78. The zero-order valence-electron chi connectivity index (χ0n) is 16.7. The van der Waals surface area contributed by atoms with E-state index in [1.807, 2.05) is 36.4 Å². The molecule has 0 saturated heterocycles. The maximum atomic E-state index is 12.7. The number of hydrogen-bond donors (Lipinski definition) is 1. The van der Waals surface area contributed by atoms with Crippen LogP contribution < -0.4 is 10.1 Å². The summed E-state index contributed by atoms with van der Waals surface area (Å²) in [6, 6.07) is 13.5. The average molecular weight is 391 g/mol. The Morgan fingerprint density at radius 1 is 1.00 bits per heavy atom. The highest BCUT2D eigenvalue weighted by Crippen LogP contribution is 2.12. The smallest absolute Gasteiger partial charge is 0.272 e. The van der Waals surface area contributed by atoms with Crippen molar-refractivity contribution in [2.24, 2.45) is 0 Å². The number of rotatable bonds is 9. The summed E-state index contributed by atoms with van der Waals surface area (Å²) < 4.78 is 5.17. The van der Waals surface area contributed by atoms with Gasteiger partial charge in [0, 0.05) is 38.7 Å². The van der Waals surface area contributed by atoms with Gasteiger partial charge in [0.15, 0.2) is 0 Å². The molecule has 0 aliphatic heterocycles. The topological polar surface area (TPSA) is 80.2 Å². The van der Waals surface area contributed by atoms with Crippen molar-refractivity contribution >= 4 is 11.9 Å². The first-order chi connectivity index (χ1) is 14.2. The molecule has 2 heterocycles. The highest BCUT2D eigenvalue weighted by Gasteiger charge is 2.14. The van der Waals surface area contributed by atoms with Crippen LogP contribution in [-0.2, 0) is 12.8 Å². The van der Waals surface area contributed by atoms with Crippen molar-refractivity contribution in [2.75, 3.05) is 32.6 Å². The van der Waals surface area contributed by atoms with E-state index < -0.39 is 0 Å². The second kappa shape index (κ2) is 10.2. The number of methoxy groups -OCH3 is 1. The van der Waals surface area contributed by atoms with E-state index in [2.05, 4.69) is 20.3 Å². The number of anilines is 1. The van der Waals surface area contributed by atoms with Crippen molar-refractivity contribution in [1.29, 1.82) is 0 Å². The first-order valence-electron chi connectivity index (χ1n) is 9.50. The van der Waals surface area contributed by atoms with Crippen molar-refractivity contribution in [3.05, 3.63) is 77.9 Å². The Kier molecular flexibility index (Phi) is 7.10. The van der Waals surface area contributed by atoms with Gasteiger partial charge >= 0.3 is 0 Å². The van der Waals surface area contributed by atoms with E-state index in [-0.39, 0.29) is 5.91 Å². The molecule has 0 saturated carbocycles. The van der Waals surface area contributed by atoms with E-state index in [4.69, 9.17) is 4.74 Å². The Hall–Kier alpha value is -3.48. The first kappa shape index (κ1) is 20.3. The Morgan fingerprint density at radius 3 is 2.45 bits per heavy atom.